The van der Waals surface area contributed by atoms with Crippen molar-refractivity contribution in [3.8, 4) is 6.07 Å². The van der Waals surface area contributed by atoms with E-state index in [9.17, 15) is 24.4 Å². The molecule has 0 spiro atoms. The van der Waals surface area contributed by atoms with E-state index in [0.717, 1.165) is 56.9 Å². The molecule has 8 nitrogen and oxygen atoms in total. The number of ketones is 2. The van der Waals surface area contributed by atoms with Gasteiger partial charge in [0.2, 0.25) is 0 Å². The lowest BCUT2D eigenvalue weighted by Crippen LogP contribution is -2.64. The Morgan fingerprint density at radius 3 is 2.22 bits per heavy atom. The number of rotatable bonds is 4. The largest absolute Gasteiger partial charge is 0.462 e. The smallest absolute Gasteiger partial charge is 0.410 e. The normalized spacial score (nSPS) is 38.8. The Morgan fingerprint density at radius 2 is 1.59 bits per heavy atom. The first-order valence-electron chi connectivity index (χ1n) is 19.6. The van der Waals surface area contributed by atoms with Crippen molar-refractivity contribution >= 4 is 23.6 Å². The number of esters is 1. The molecule has 6 aliphatic rings. The van der Waals surface area contributed by atoms with Crippen LogP contribution in [0.4, 0.5) is 4.79 Å². The van der Waals surface area contributed by atoms with E-state index in [1.807, 2.05) is 46.8 Å². The van der Waals surface area contributed by atoms with E-state index < -0.39 is 16.4 Å². The van der Waals surface area contributed by atoms with Gasteiger partial charge in [-0.15, -0.1) is 0 Å². The molecular formula is C43H62N2O6. The maximum absolute atomic E-state index is 14.8. The molecule has 6 rings (SSSR count). The van der Waals surface area contributed by atoms with Crippen molar-refractivity contribution in [3.63, 3.8) is 0 Å². The van der Waals surface area contributed by atoms with E-state index >= 15 is 0 Å². The SMILES string of the molecule is CC1(C)CC[C@]2(CCC(=O)OC3CCN(C(=O)OC(C)(C)C)CC3)CC[C@]3(C)C(C(=O)C=C4[C@@]5(C)C=C(C#N)C(=O)C(C)(C)[C@@H]5CC[C@]43C)C2C1. The van der Waals surface area contributed by atoms with E-state index in [1.54, 1.807) is 4.90 Å². The van der Waals surface area contributed by atoms with Gasteiger partial charge in [0.25, 0.3) is 0 Å². The maximum atomic E-state index is 14.8. The predicted molar refractivity (Wildman–Crippen MR) is 195 cm³/mol. The number of ether oxygens (including phenoxy) is 2. The predicted octanol–water partition coefficient (Wildman–Crippen LogP) is 8.93. The van der Waals surface area contributed by atoms with E-state index in [-0.39, 0.29) is 74.7 Å². The monoisotopic (exact) mass is 702 g/mol. The lowest BCUT2D eigenvalue weighted by molar-refractivity contribution is -0.174. The number of Topliss-reactive ketones (excluding diaryl/α,β-unsaturated/α-hetero) is 1. The number of nitrogens with zero attached hydrogens (tertiary/aromatic N) is 2. The minimum absolute atomic E-state index is 0.0220. The van der Waals surface area contributed by atoms with Crippen LogP contribution in [-0.4, -0.2) is 53.3 Å². The van der Waals surface area contributed by atoms with Crippen LogP contribution in [0.2, 0.25) is 0 Å². The van der Waals surface area contributed by atoms with Gasteiger partial charge in [0.15, 0.2) is 11.6 Å². The first-order chi connectivity index (χ1) is 23.5. The van der Waals surface area contributed by atoms with Crippen molar-refractivity contribution < 1.29 is 28.7 Å². The summed E-state index contributed by atoms with van der Waals surface area (Å²) < 4.78 is 11.5. The Morgan fingerprint density at radius 1 is 0.941 bits per heavy atom. The van der Waals surface area contributed by atoms with Crippen LogP contribution in [0.15, 0.2) is 23.3 Å². The van der Waals surface area contributed by atoms with Crippen LogP contribution in [0.1, 0.15) is 140 Å². The number of likely N-dealkylation sites (tertiary alicyclic amines) is 1. The number of hydrogen-bond acceptors (Lipinski definition) is 7. The third kappa shape index (κ3) is 6.11. The Balaban J connectivity index is 1.23. The highest BCUT2D eigenvalue weighted by Crippen LogP contribution is 2.75. The highest BCUT2D eigenvalue weighted by Gasteiger charge is 2.69. The molecule has 3 saturated carbocycles. The maximum Gasteiger partial charge on any atom is 0.410 e. The molecule has 1 heterocycles. The van der Waals surface area contributed by atoms with Gasteiger partial charge in [-0.25, -0.2) is 4.79 Å². The van der Waals surface area contributed by atoms with Crippen LogP contribution in [-0.2, 0) is 23.9 Å². The van der Waals surface area contributed by atoms with Crippen LogP contribution in [0, 0.1) is 61.6 Å². The molecule has 0 bridgehead atoms. The van der Waals surface area contributed by atoms with Gasteiger partial charge in [-0.3, -0.25) is 14.4 Å². The summed E-state index contributed by atoms with van der Waals surface area (Å²) in [5.74, 6) is -0.0347. The van der Waals surface area contributed by atoms with E-state index in [2.05, 4.69) is 40.7 Å². The number of fused-ring (bicyclic) bond motifs is 7. The third-order valence-corrected chi connectivity index (χ3v) is 15.3. The van der Waals surface area contributed by atoms with Gasteiger partial charge in [0.1, 0.15) is 17.8 Å². The van der Waals surface area contributed by atoms with Crippen LogP contribution in [0.25, 0.3) is 0 Å². The number of amides is 1. The zero-order chi connectivity index (χ0) is 37.6. The molecule has 0 radical (unpaired) electrons. The van der Waals surface area contributed by atoms with E-state index in [1.165, 1.54) is 0 Å². The Labute approximate surface area is 306 Å². The van der Waals surface area contributed by atoms with Gasteiger partial charge >= 0.3 is 12.1 Å². The first-order valence-corrected chi connectivity index (χ1v) is 19.6. The topological polar surface area (TPSA) is 114 Å². The Hall–Kier alpha value is -2.95. The molecule has 4 fully saturated rings. The quantitative estimate of drug-likeness (QED) is 0.269. The van der Waals surface area contributed by atoms with Gasteiger partial charge < -0.3 is 14.4 Å². The van der Waals surface area contributed by atoms with Gasteiger partial charge in [0.05, 0.1) is 5.57 Å². The average Bonchev–Trinajstić information content (AvgIpc) is 3.02. The number of carbonyl (C=O) groups excluding carboxylic acids is 4. The molecule has 8 heteroatoms. The lowest BCUT2D eigenvalue weighted by atomic mass is 9.34. The fourth-order valence-electron chi connectivity index (χ4n) is 12.3. The molecular weight excluding hydrogens is 640 g/mol. The highest BCUT2D eigenvalue weighted by molar-refractivity contribution is 6.04. The highest BCUT2D eigenvalue weighted by atomic mass is 16.6. The van der Waals surface area contributed by atoms with Crippen molar-refractivity contribution in [2.45, 2.75) is 152 Å². The number of allylic oxidation sites excluding steroid dienone is 4. The average molecular weight is 703 g/mol. The molecule has 1 saturated heterocycles. The van der Waals surface area contributed by atoms with Crippen molar-refractivity contribution in [1.82, 2.24) is 4.90 Å². The second kappa shape index (κ2) is 12.3. The minimum Gasteiger partial charge on any atom is -0.462 e. The fraction of sp³-hybridized carbons (Fsp3) is 0.791. The van der Waals surface area contributed by atoms with Gasteiger partial charge in [-0.05, 0) is 112 Å². The van der Waals surface area contributed by atoms with Crippen molar-refractivity contribution in [2.75, 3.05) is 13.1 Å². The molecule has 5 aliphatic carbocycles. The van der Waals surface area contributed by atoms with E-state index in [0.29, 0.717) is 32.4 Å². The van der Waals surface area contributed by atoms with Crippen LogP contribution >= 0.6 is 0 Å². The molecule has 51 heavy (non-hydrogen) atoms. The zero-order valence-electron chi connectivity index (χ0n) is 33.0. The standard InChI is InChI=1S/C43H62N2O6/c1-37(2,3)51-36(49)45-21-13-28(14-22-45)50-33(47)12-16-43-19-17-38(4,5)25-29(43)34-30(46)23-32-40(8)24-27(26-44)35(48)39(6,7)31(40)11-15-41(32,9)42(34,10)18-20-43/h23-24,28-29,31,34H,11-22,25H2,1-10H3/t29?,31-,34?,40-,41+,42+,43+/m0/s1. The Kier molecular flexibility index (Phi) is 9.12. The molecule has 280 valence electrons. The second-order valence-corrected chi connectivity index (χ2v) is 20.3. The minimum atomic E-state index is -0.684. The molecule has 7 atom stereocenters. The van der Waals surface area contributed by atoms with Crippen LogP contribution in [0.3, 0.4) is 0 Å². The summed E-state index contributed by atoms with van der Waals surface area (Å²) in [7, 11) is 0. The molecule has 1 amide bonds. The summed E-state index contributed by atoms with van der Waals surface area (Å²) in [5, 5.41) is 10.0. The van der Waals surface area contributed by atoms with E-state index in [4.69, 9.17) is 9.47 Å². The summed E-state index contributed by atoms with van der Waals surface area (Å²) >= 11 is 0. The molecule has 0 aromatic rings. The first kappa shape index (κ1) is 37.8. The number of nitriles is 1. The number of hydrogen-bond donors (Lipinski definition) is 0. The summed E-state index contributed by atoms with van der Waals surface area (Å²) in [6, 6.07) is 2.21. The van der Waals surface area contributed by atoms with Crippen molar-refractivity contribution in [2.24, 2.45) is 50.2 Å². The van der Waals surface area contributed by atoms with Gasteiger partial charge in [-0.1, -0.05) is 60.1 Å². The second-order valence-electron chi connectivity index (χ2n) is 20.3. The van der Waals surface area contributed by atoms with Crippen molar-refractivity contribution in [3.05, 3.63) is 23.3 Å². The molecule has 0 aromatic carbocycles. The van der Waals surface area contributed by atoms with Crippen molar-refractivity contribution in [1.29, 1.82) is 5.26 Å². The Bertz CT molecular complexity index is 1600. The number of piperidine rings is 1. The lowest BCUT2D eigenvalue weighted by Gasteiger charge is -2.69. The zero-order valence-corrected chi connectivity index (χ0v) is 33.0. The third-order valence-electron chi connectivity index (χ3n) is 15.3. The number of carbonyl (C=O) groups is 4. The fourth-order valence-corrected chi connectivity index (χ4v) is 12.3. The van der Waals surface area contributed by atoms with Crippen LogP contribution < -0.4 is 0 Å². The summed E-state index contributed by atoms with van der Waals surface area (Å²) in [6.07, 6.45) is 12.3. The molecule has 2 unspecified atom stereocenters. The van der Waals surface area contributed by atoms with Gasteiger partial charge in [-0.2, -0.15) is 5.26 Å². The summed E-state index contributed by atoms with van der Waals surface area (Å²) in [5.41, 5.74) is -0.987. The molecule has 0 N–H and O–H groups in total. The van der Waals surface area contributed by atoms with Gasteiger partial charge in [0, 0.05) is 49.1 Å². The summed E-state index contributed by atoms with van der Waals surface area (Å²) in [6.45, 7) is 22.1. The molecule has 0 aromatic heterocycles. The molecule has 1 aliphatic heterocycles. The van der Waals surface area contributed by atoms with Crippen LogP contribution in [0.5, 0.6) is 0 Å². The summed E-state index contributed by atoms with van der Waals surface area (Å²) in [4.78, 5) is 55.9.